The molecule has 4 heteroatoms. The maximum absolute atomic E-state index is 5.54. The van der Waals surface area contributed by atoms with Crippen LogP contribution in [-0.4, -0.2) is 21.8 Å². The summed E-state index contributed by atoms with van der Waals surface area (Å²) in [5.41, 5.74) is 0.931. The van der Waals surface area contributed by atoms with Crippen molar-refractivity contribution < 1.29 is 4.74 Å². The van der Waals surface area contributed by atoms with E-state index in [9.17, 15) is 0 Å². The Morgan fingerprint density at radius 1 is 1.25 bits per heavy atom. The van der Waals surface area contributed by atoms with Gasteiger partial charge in [0.2, 0.25) is 0 Å². The van der Waals surface area contributed by atoms with E-state index in [0.717, 1.165) is 23.6 Å². The fourth-order valence-corrected chi connectivity index (χ4v) is 1.51. The lowest BCUT2D eigenvalue weighted by Gasteiger charge is -2.06. The molecule has 0 atom stereocenters. The van der Waals surface area contributed by atoms with Gasteiger partial charge in [0.05, 0.1) is 12.2 Å². The zero-order valence-corrected chi connectivity index (χ0v) is 9.53. The highest BCUT2D eigenvalue weighted by Crippen LogP contribution is 2.26. The van der Waals surface area contributed by atoms with Gasteiger partial charge in [-0.3, -0.25) is 5.10 Å². The van der Waals surface area contributed by atoms with E-state index in [1.165, 1.54) is 0 Å². The van der Waals surface area contributed by atoms with Crippen LogP contribution >= 0.6 is 0 Å². The summed E-state index contributed by atoms with van der Waals surface area (Å²) in [5, 5.41) is 7.09. The Bertz CT molecular complexity index is 465. The number of hydrogen-bond donors (Lipinski definition) is 1. The smallest absolute Gasteiger partial charge is 0.184 e. The number of rotatable bonds is 4. The average molecular weight is 217 g/mol. The molecule has 0 bridgehead atoms. The number of hydrogen-bond acceptors (Lipinski definition) is 3. The lowest BCUT2D eigenvalue weighted by Crippen LogP contribution is -1.94. The van der Waals surface area contributed by atoms with Crippen molar-refractivity contribution in [1.29, 1.82) is 0 Å². The first-order valence-corrected chi connectivity index (χ1v) is 5.48. The van der Waals surface area contributed by atoms with Gasteiger partial charge < -0.3 is 4.74 Å². The molecule has 0 saturated heterocycles. The number of nitrogens with zero attached hydrogens (tertiary/aromatic N) is 2. The van der Waals surface area contributed by atoms with E-state index in [1.807, 2.05) is 38.1 Å². The van der Waals surface area contributed by atoms with Crippen LogP contribution < -0.4 is 4.74 Å². The lowest BCUT2D eigenvalue weighted by atomic mass is 10.2. The predicted octanol–water partition coefficient (Wildman–Crippen LogP) is 2.43. The molecular weight excluding hydrogens is 202 g/mol. The van der Waals surface area contributed by atoms with Crippen LogP contribution in [0.5, 0.6) is 5.75 Å². The zero-order valence-electron chi connectivity index (χ0n) is 9.53. The summed E-state index contributed by atoms with van der Waals surface area (Å²) in [6, 6.07) is 7.80. The highest BCUT2D eigenvalue weighted by molar-refractivity contribution is 5.63. The molecule has 4 nitrogen and oxygen atoms in total. The van der Waals surface area contributed by atoms with Crippen molar-refractivity contribution in [2.45, 2.75) is 20.3 Å². The van der Waals surface area contributed by atoms with Crippen LogP contribution in [-0.2, 0) is 6.42 Å². The van der Waals surface area contributed by atoms with Crippen LogP contribution in [0.1, 0.15) is 19.7 Å². The number of ether oxygens (including phenoxy) is 1. The Morgan fingerprint density at radius 3 is 2.75 bits per heavy atom. The van der Waals surface area contributed by atoms with E-state index >= 15 is 0 Å². The Labute approximate surface area is 94.7 Å². The van der Waals surface area contributed by atoms with E-state index < -0.39 is 0 Å². The summed E-state index contributed by atoms with van der Waals surface area (Å²) < 4.78 is 5.54. The molecule has 1 aromatic heterocycles. The Balaban J connectivity index is 2.38. The van der Waals surface area contributed by atoms with Crippen LogP contribution in [0.2, 0.25) is 0 Å². The molecule has 2 aromatic rings. The third-order valence-electron chi connectivity index (χ3n) is 2.29. The molecule has 0 unspecified atom stereocenters. The zero-order chi connectivity index (χ0) is 11.4. The minimum Gasteiger partial charge on any atom is -0.493 e. The van der Waals surface area contributed by atoms with Crippen LogP contribution in [0.3, 0.4) is 0 Å². The number of aromatic nitrogens is 3. The molecule has 2 rings (SSSR count). The molecule has 1 N–H and O–H groups in total. The van der Waals surface area contributed by atoms with E-state index in [2.05, 4.69) is 15.2 Å². The largest absolute Gasteiger partial charge is 0.493 e. The second kappa shape index (κ2) is 4.79. The van der Waals surface area contributed by atoms with Gasteiger partial charge in [-0.15, -0.1) is 0 Å². The molecule has 16 heavy (non-hydrogen) atoms. The number of nitrogens with one attached hydrogen (secondary N) is 1. The highest BCUT2D eigenvalue weighted by atomic mass is 16.5. The van der Waals surface area contributed by atoms with Crippen molar-refractivity contribution in [3.05, 3.63) is 30.1 Å². The molecule has 0 fully saturated rings. The van der Waals surface area contributed by atoms with Crippen LogP contribution in [0, 0.1) is 0 Å². The van der Waals surface area contributed by atoms with Gasteiger partial charge in [0.15, 0.2) is 5.82 Å². The summed E-state index contributed by atoms with van der Waals surface area (Å²) >= 11 is 0. The van der Waals surface area contributed by atoms with Crippen molar-refractivity contribution in [3.63, 3.8) is 0 Å². The summed E-state index contributed by atoms with van der Waals surface area (Å²) in [6.07, 6.45) is 0.851. The fraction of sp³-hybridized carbons (Fsp3) is 0.333. The third-order valence-corrected chi connectivity index (χ3v) is 2.29. The first-order chi connectivity index (χ1) is 7.85. The maximum Gasteiger partial charge on any atom is 0.184 e. The first kappa shape index (κ1) is 10.7. The molecule has 0 aliphatic rings. The lowest BCUT2D eigenvalue weighted by molar-refractivity contribution is 0.341. The van der Waals surface area contributed by atoms with Gasteiger partial charge in [0.1, 0.15) is 11.6 Å². The monoisotopic (exact) mass is 217 g/mol. The Morgan fingerprint density at radius 2 is 2.06 bits per heavy atom. The molecule has 1 aromatic carbocycles. The van der Waals surface area contributed by atoms with Crippen LogP contribution in [0.4, 0.5) is 0 Å². The normalized spacial score (nSPS) is 10.4. The van der Waals surface area contributed by atoms with E-state index in [0.29, 0.717) is 12.4 Å². The first-order valence-electron chi connectivity index (χ1n) is 5.48. The number of benzene rings is 1. The second-order valence-corrected chi connectivity index (χ2v) is 3.39. The van der Waals surface area contributed by atoms with E-state index in [-0.39, 0.29) is 0 Å². The number of H-pyrrole nitrogens is 1. The molecule has 0 spiro atoms. The van der Waals surface area contributed by atoms with Crippen molar-refractivity contribution in [3.8, 4) is 17.1 Å². The van der Waals surface area contributed by atoms with Crippen molar-refractivity contribution >= 4 is 0 Å². The standard InChI is InChI=1S/C12H15N3O/c1-3-11-13-12(15-14-11)9-7-5-6-8-10(9)16-4-2/h5-8H,3-4H2,1-2H3,(H,13,14,15). The van der Waals surface area contributed by atoms with E-state index in [4.69, 9.17) is 4.74 Å². The van der Waals surface area contributed by atoms with E-state index in [1.54, 1.807) is 0 Å². The van der Waals surface area contributed by atoms with Crippen LogP contribution in [0.15, 0.2) is 24.3 Å². The summed E-state index contributed by atoms with van der Waals surface area (Å²) in [7, 11) is 0. The minimum absolute atomic E-state index is 0.641. The Kier molecular flexibility index (Phi) is 3.19. The molecule has 0 aliphatic carbocycles. The molecule has 1 heterocycles. The highest BCUT2D eigenvalue weighted by Gasteiger charge is 2.09. The molecule has 0 radical (unpaired) electrons. The van der Waals surface area contributed by atoms with Gasteiger partial charge in [-0.05, 0) is 19.1 Å². The van der Waals surface area contributed by atoms with Gasteiger partial charge in [-0.1, -0.05) is 19.1 Å². The third kappa shape index (κ3) is 2.05. The van der Waals surface area contributed by atoms with Gasteiger partial charge >= 0.3 is 0 Å². The molecule has 0 amide bonds. The average Bonchev–Trinajstić information content (AvgIpc) is 2.79. The van der Waals surface area contributed by atoms with Gasteiger partial charge in [0, 0.05) is 6.42 Å². The second-order valence-electron chi connectivity index (χ2n) is 3.39. The topological polar surface area (TPSA) is 50.8 Å². The molecule has 0 aliphatic heterocycles. The summed E-state index contributed by atoms with van der Waals surface area (Å²) in [6.45, 7) is 4.65. The quantitative estimate of drug-likeness (QED) is 0.855. The Hall–Kier alpha value is -1.84. The predicted molar refractivity (Wildman–Crippen MR) is 62.4 cm³/mol. The summed E-state index contributed by atoms with van der Waals surface area (Å²) in [4.78, 5) is 4.40. The minimum atomic E-state index is 0.641. The van der Waals surface area contributed by atoms with Crippen molar-refractivity contribution in [2.24, 2.45) is 0 Å². The fourth-order valence-electron chi connectivity index (χ4n) is 1.51. The number of aromatic amines is 1. The van der Waals surface area contributed by atoms with Crippen molar-refractivity contribution in [1.82, 2.24) is 15.2 Å². The van der Waals surface area contributed by atoms with Gasteiger partial charge in [-0.2, -0.15) is 5.10 Å². The SMILES string of the molecule is CCOc1ccccc1-c1n[nH]c(CC)n1. The molecular formula is C12H15N3O. The molecule has 0 saturated carbocycles. The van der Waals surface area contributed by atoms with Crippen molar-refractivity contribution in [2.75, 3.05) is 6.61 Å². The van der Waals surface area contributed by atoms with Crippen LogP contribution in [0.25, 0.3) is 11.4 Å². The number of aryl methyl sites for hydroxylation is 1. The number of para-hydroxylation sites is 1. The van der Waals surface area contributed by atoms with Gasteiger partial charge in [-0.25, -0.2) is 4.98 Å². The van der Waals surface area contributed by atoms with Gasteiger partial charge in [0.25, 0.3) is 0 Å². The summed E-state index contributed by atoms with van der Waals surface area (Å²) in [5.74, 6) is 2.41. The molecule has 84 valence electrons. The maximum atomic E-state index is 5.54.